The molecule has 54 valence electrons. The fourth-order valence-electron chi connectivity index (χ4n) is 0.683. The highest BCUT2D eigenvalue weighted by atomic mass is 127. The number of ether oxygens (including phenoxy) is 1. The number of hydrogen-bond acceptors (Lipinski definition) is 2. The summed E-state index contributed by atoms with van der Waals surface area (Å²) in [4.78, 5) is 0. The SMILES string of the molecule is COc1ccccc1OI. The first kappa shape index (κ1) is 7.65. The maximum Gasteiger partial charge on any atom is 0.192 e. The molecule has 0 saturated carbocycles. The van der Waals surface area contributed by atoms with Crippen LogP contribution in [-0.2, 0) is 0 Å². The molecule has 0 N–H and O–H groups in total. The van der Waals surface area contributed by atoms with Gasteiger partial charge in [-0.25, -0.2) is 0 Å². The summed E-state index contributed by atoms with van der Waals surface area (Å²) in [5.41, 5.74) is 0. The number of rotatable bonds is 2. The molecule has 0 aliphatic heterocycles. The zero-order valence-electron chi connectivity index (χ0n) is 5.50. The fraction of sp³-hybridized carbons (Fsp3) is 0.143. The van der Waals surface area contributed by atoms with E-state index in [-0.39, 0.29) is 0 Å². The van der Waals surface area contributed by atoms with Crippen LogP contribution >= 0.6 is 23.0 Å². The Bertz CT molecular complexity index is 190. The predicted molar refractivity (Wildman–Crippen MR) is 47.6 cm³/mol. The smallest absolute Gasteiger partial charge is 0.192 e. The second-order valence-electron chi connectivity index (χ2n) is 1.73. The van der Waals surface area contributed by atoms with Crippen LogP contribution in [0.25, 0.3) is 0 Å². The van der Waals surface area contributed by atoms with Crippen LogP contribution in [0.3, 0.4) is 0 Å². The van der Waals surface area contributed by atoms with Gasteiger partial charge in [-0.05, 0) is 12.1 Å². The lowest BCUT2D eigenvalue weighted by atomic mass is 10.3. The topological polar surface area (TPSA) is 18.5 Å². The number of methoxy groups -OCH3 is 1. The Hall–Kier alpha value is -0.450. The normalized spacial score (nSPS) is 9.00. The number of halogens is 1. The fourth-order valence-corrected chi connectivity index (χ4v) is 1.05. The summed E-state index contributed by atoms with van der Waals surface area (Å²) >= 11 is 1.82. The van der Waals surface area contributed by atoms with Crippen LogP contribution in [0.2, 0.25) is 0 Å². The lowest BCUT2D eigenvalue weighted by molar-refractivity contribution is 0.403. The van der Waals surface area contributed by atoms with Crippen LogP contribution in [0.1, 0.15) is 0 Å². The highest BCUT2D eigenvalue weighted by Crippen LogP contribution is 2.26. The van der Waals surface area contributed by atoms with E-state index in [2.05, 4.69) is 0 Å². The van der Waals surface area contributed by atoms with Gasteiger partial charge < -0.3 is 7.80 Å². The van der Waals surface area contributed by atoms with Gasteiger partial charge in [0, 0.05) is 0 Å². The molecule has 0 aromatic heterocycles. The molecular weight excluding hydrogens is 243 g/mol. The van der Waals surface area contributed by atoms with Gasteiger partial charge in [0.25, 0.3) is 0 Å². The standard InChI is InChI=1S/C7H7IO2/c1-9-6-4-2-3-5-7(6)10-8/h2-5H,1H3. The molecule has 0 radical (unpaired) electrons. The Labute approximate surface area is 73.8 Å². The van der Waals surface area contributed by atoms with Gasteiger partial charge in [-0.2, -0.15) is 0 Å². The second kappa shape index (κ2) is 3.65. The van der Waals surface area contributed by atoms with Gasteiger partial charge in [-0.15, -0.1) is 0 Å². The highest BCUT2D eigenvalue weighted by molar-refractivity contribution is 14.1. The first-order chi connectivity index (χ1) is 4.88. The van der Waals surface area contributed by atoms with Gasteiger partial charge in [-0.1, -0.05) is 12.1 Å². The lowest BCUT2D eigenvalue weighted by Gasteiger charge is -2.02. The summed E-state index contributed by atoms with van der Waals surface area (Å²) in [5, 5.41) is 0. The molecule has 1 aromatic carbocycles. The number of hydrogen-bond donors (Lipinski definition) is 0. The van der Waals surface area contributed by atoms with Crippen molar-refractivity contribution in [3.63, 3.8) is 0 Å². The van der Waals surface area contributed by atoms with E-state index in [1.165, 1.54) is 0 Å². The minimum absolute atomic E-state index is 0.755. The summed E-state index contributed by atoms with van der Waals surface area (Å²) in [6, 6.07) is 7.51. The average molecular weight is 250 g/mol. The molecule has 0 fully saturated rings. The molecule has 10 heavy (non-hydrogen) atoms. The van der Waals surface area contributed by atoms with Crippen molar-refractivity contribution < 1.29 is 7.80 Å². The zero-order valence-corrected chi connectivity index (χ0v) is 7.66. The Morgan fingerprint density at radius 3 is 2.20 bits per heavy atom. The molecular formula is C7H7IO2. The molecule has 0 atom stereocenters. The third-order valence-electron chi connectivity index (χ3n) is 1.15. The van der Waals surface area contributed by atoms with Crippen molar-refractivity contribution in [3.8, 4) is 11.5 Å². The van der Waals surface area contributed by atoms with Crippen LogP contribution in [0, 0.1) is 0 Å². The number of para-hydroxylation sites is 2. The van der Waals surface area contributed by atoms with Crippen molar-refractivity contribution in [2.24, 2.45) is 0 Å². The molecule has 0 unspecified atom stereocenters. The van der Waals surface area contributed by atoms with Gasteiger partial charge in [0.15, 0.2) is 34.5 Å². The first-order valence-corrected chi connectivity index (χ1v) is 3.68. The molecule has 0 heterocycles. The predicted octanol–water partition coefficient (Wildman–Crippen LogP) is 2.42. The van der Waals surface area contributed by atoms with E-state index < -0.39 is 0 Å². The summed E-state index contributed by atoms with van der Waals surface area (Å²) < 4.78 is 9.99. The quantitative estimate of drug-likeness (QED) is 0.750. The van der Waals surface area contributed by atoms with Gasteiger partial charge in [0.2, 0.25) is 0 Å². The van der Waals surface area contributed by atoms with E-state index in [1.54, 1.807) is 7.11 Å². The molecule has 0 amide bonds. The Kier molecular flexibility index (Phi) is 2.80. The molecule has 0 aliphatic rings. The monoisotopic (exact) mass is 250 g/mol. The Morgan fingerprint density at radius 1 is 1.20 bits per heavy atom. The van der Waals surface area contributed by atoms with Crippen molar-refractivity contribution in [1.82, 2.24) is 0 Å². The molecule has 0 aliphatic carbocycles. The van der Waals surface area contributed by atoms with Crippen molar-refractivity contribution >= 4 is 23.0 Å². The van der Waals surface area contributed by atoms with E-state index in [4.69, 9.17) is 7.80 Å². The first-order valence-electron chi connectivity index (χ1n) is 2.80. The summed E-state index contributed by atoms with van der Waals surface area (Å²) in [5.74, 6) is 1.52. The van der Waals surface area contributed by atoms with Crippen LogP contribution in [-0.4, -0.2) is 7.11 Å². The van der Waals surface area contributed by atoms with Crippen LogP contribution < -0.4 is 7.80 Å². The van der Waals surface area contributed by atoms with Gasteiger partial charge >= 0.3 is 0 Å². The minimum Gasteiger partial charge on any atom is -0.493 e. The average Bonchev–Trinajstić information content (AvgIpc) is 2.04. The Morgan fingerprint density at radius 2 is 1.80 bits per heavy atom. The summed E-state index contributed by atoms with van der Waals surface area (Å²) in [7, 11) is 1.62. The maximum atomic E-state index is 5.01. The zero-order chi connectivity index (χ0) is 7.40. The highest BCUT2D eigenvalue weighted by Gasteiger charge is 1.98. The third-order valence-corrected chi connectivity index (χ3v) is 1.63. The summed E-state index contributed by atoms with van der Waals surface area (Å²) in [6.45, 7) is 0. The molecule has 1 rings (SSSR count). The van der Waals surface area contributed by atoms with Gasteiger partial charge in [0.05, 0.1) is 7.11 Å². The van der Waals surface area contributed by atoms with E-state index in [0.29, 0.717) is 0 Å². The van der Waals surface area contributed by atoms with Crippen LogP contribution in [0.5, 0.6) is 11.5 Å². The van der Waals surface area contributed by atoms with E-state index in [0.717, 1.165) is 11.5 Å². The molecule has 0 spiro atoms. The van der Waals surface area contributed by atoms with E-state index in [9.17, 15) is 0 Å². The largest absolute Gasteiger partial charge is 0.493 e. The minimum atomic E-state index is 0.755. The van der Waals surface area contributed by atoms with Crippen LogP contribution in [0.15, 0.2) is 24.3 Å². The maximum absolute atomic E-state index is 5.01. The summed E-state index contributed by atoms with van der Waals surface area (Å²) in [6.07, 6.45) is 0. The van der Waals surface area contributed by atoms with Gasteiger partial charge in [0.1, 0.15) is 0 Å². The van der Waals surface area contributed by atoms with Gasteiger partial charge in [-0.3, -0.25) is 0 Å². The lowest BCUT2D eigenvalue weighted by Crippen LogP contribution is -1.84. The molecule has 2 nitrogen and oxygen atoms in total. The molecule has 3 heteroatoms. The molecule has 0 bridgehead atoms. The Balaban J connectivity index is 2.96. The number of benzene rings is 1. The van der Waals surface area contributed by atoms with E-state index in [1.807, 2.05) is 47.3 Å². The molecule has 0 saturated heterocycles. The van der Waals surface area contributed by atoms with E-state index >= 15 is 0 Å². The van der Waals surface area contributed by atoms with Crippen molar-refractivity contribution in [2.75, 3.05) is 7.11 Å². The van der Waals surface area contributed by atoms with Crippen molar-refractivity contribution in [3.05, 3.63) is 24.3 Å². The van der Waals surface area contributed by atoms with Crippen molar-refractivity contribution in [2.45, 2.75) is 0 Å². The van der Waals surface area contributed by atoms with Crippen molar-refractivity contribution in [1.29, 1.82) is 0 Å². The second-order valence-corrected chi connectivity index (χ2v) is 2.17. The third kappa shape index (κ3) is 1.53. The molecule has 1 aromatic rings. The van der Waals surface area contributed by atoms with Crippen LogP contribution in [0.4, 0.5) is 0 Å².